The van der Waals surface area contributed by atoms with Crippen LogP contribution >= 0.6 is 0 Å². The lowest BCUT2D eigenvalue weighted by Gasteiger charge is -2.20. The van der Waals surface area contributed by atoms with Crippen molar-refractivity contribution < 1.29 is 24.5 Å². The van der Waals surface area contributed by atoms with E-state index < -0.39 is 12.1 Å². The minimum absolute atomic E-state index is 0.00624. The van der Waals surface area contributed by atoms with Crippen molar-refractivity contribution in [1.29, 1.82) is 0 Å². The number of hydrogen-bond acceptors (Lipinski definition) is 5. The fraction of sp³-hybridized carbons (Fsp3) is 0.938. The van der Waals surface area contributed by atoms with Crippen LogP contribution in [0, 0.1) is 0 Å². The molecule has 422 valence electrons. The average Bonchev–Trinajstić information content (AvgIpc) is 3.37. The Hall–Kier alpha value is -1.40. The van der Waals surface area contributed by atoms with Gasteiger partial charge in [-0.2, -0.15) is 0 Å². The van der Waals surface area contributed by atoms with Gasteiger partial charge < -0.3 is 20.3 Å². The summed E-state index contributed by atoms with van der Waals surface area (Å²) in [5, 5.41) is 23.2. The van der Waals surface area contributed by atoms with Crippen LogP contribution in [-0.2, 0) is 14.3 Å². The molecule has 0 aliphatic heterocycles. The SMILES string of the molecule is CCCCCCCCCCCCCCCCCCCCCCCCC/C=C/C(O)C(CO)NC(=O)CCCCCCCCCCCCCCCCCCCOC(=O)CCCCCCCCCCCCCC. The van der Waals surface area contributed by atoms with Crippen LogP contribution in [0.15, 0.2) is 12.2 Å². The molecule has 0 fully saturated rings. The standard InChI is InChI=1S/C65H127NO5/c1-3-5-7-9-11-13-15-17-18-19-20-21-22-23-24-25-26-28-31-34-37-41-45-49-53-57-63(68)62(61-67)66-64(69)58-54-50-46-42-38-35-32-29-27-30-33-36-40-44-48-52-56-60-71-65(70)59-55-51-47-43-39-16-14-12-10-8-6-4-2/h53,57,62-63,67-68H,3-52,54-56,58-61H2,1-2H3,(H,66,69)/b57-53+. The van der Waals surface area contributed by atoms with Crippen LogP contribution in [0.4, 0.5) is 0 Å². The lowest BCUT2D eigenvalue weighted by molar-refractivity contribution is -0.143. The Morgan fingerprint density at radius 2 is 0.648 bits per heavy atom. The van der Waals surface area contributed by atoms with Crippen molar-refractivity contribution in [3.05, 3.63) is 12.2 Å². The topological polar surface area (TPSA) is 95.9 Å². The number of carbonyl (C=O) groups excluding carboxylic acids is 2. The summed E-state index contributed by atoms with van der Waals surface area (Å²) in [5.41, 5.74) is 0. The van der Waals surface area contributed by atoms with Gasteiger partial charge in [-0.1, -0.05) is 334 Å². The quantitative estimate of drug-likeness (QED) is 0.0320. The third-order valence-electron chi connectivity index (χ3n) is 15.3. The summed E-state index contributed by atoms with van der Waals surface area (Å²) >= 11 is 0. The lowest BCUT2D eigenvalue weighted by atomic mass is 10.0. The molecule has 0 aromatic rings. The van der Waals surface area contributed by atoms with Gasteiger partial charge >= 0.3 is 5.97 Å². The molecule has 6 heteroatoms. The molecule has 0 aliphatic rings. The van der Waals surface area contributed by atoms with Gasteiger partial charge in [-0.25, -0.2) is 0 Å². The second-order valence-corrected chi connectivity index (χ2v) is 22.5. The molecule has 0 aliphatic carbocycles. The number of rotatable bonds is 61. The maximum absolute atomic E-state index is 12.5. The van der Waals surface area contributed by atoms with E-state index in [2.05, 4.69) is 19.2 Å². The molecule has 0 spiro atoms. The summed E-state index contributed by atoms with van der Waals surface area (Å²) in [7, 11) is 0. The molecule has 0 radical (unpaired) electrons. The van der Waals surface area contributed by atoms with Crippen molar-refractivity contribution >= 4 is 11.9 Å². The highest BCUT2D eigenvalue weighted by atomic mass is 16.5. The summed E-state index contributed by atoms with van der Waals surface area (Å²) in [6.45, 7) is 4.93. The molecular formula is C65H127NO5. The Morgan fingerprint density at radius 3 is 0.958 bits per heavy atom. The number of unbranched alkanes of at least 4 members (excludes halogenated alkanes) is 50. The van der Waals surface area contributed by atoms with E-state index in [9.17, 15) is 19.8 Å². The Balaban J connectivity index is 3.44. The minimum Gasteiger partial charge on any atom is -0.466 e. The van der Waals surface area contributed by atoms with Crippen LogP contribution in [0.2, 0.25) is 0 Å². The van der Waals surface area contributed by atoms with E-state index in [1.807, 2.05) is 6.08 Å². The maximum atomic E-state index is 12.5. The summed E-state index contributed by atoms with van der Waals surface area (Å²) in [6, 6.07) is -0.632. The van der Waals surface area contributed by atoms with E-state index in [1.165, 1.54) is 295 Å². The van der Waals surface area contributed by atoms with Gasteiger partial charge in [0.05, 0.1) is 25.4 Å². The maximum Gasteiger partial charge on any atom is 0.305 e. The Kier molecular flexibility index (Phi) is 59.9. The Labute approximate surface area is 444 Å². The second kappa shape index (κ2) is 61.1. The lowest BCUT2D eigenvalue weighted by Crippen LogP contribution is -2.45. The fourth-order valence-corrected chi connectivity index (χ4v) is 10.3. The zero-order valence-corrected chi connectivity index (χ0v) is 48.2. The van der Waals surface area contributed by atoms with Crippen LogP contribution in [0.1, 0.15) is 367 Å². The first-order valence-electron chi connectivity index (χ1n) is 32.5. The number of aliphatic hydroxyl groups is 2. The van der Waals surface area contributed by atoms with Crippen LogP contribution < -0.4 is 5.32 Å². The van der Waals surface area contributed by atoms with E-state index in [-0.39, 0.29) is 18.5 Å². The van der Waals surface area contributed by atoms with Crippen molar-refractivity contribution in [2.24, 2.45) is 0 Å². The molecule has 1 amide bonds. The smallest absolute Gasteiger partial charge is 0.305 e. The van der Waals surface area contributed by atoms with Crippen LogP contribution in [0.5, 0.6) is 0 Å². The van der Waals surface area contributed by atoms with Crippen molar-refractivity contribution in [2.75, 3.05) is 13.2 Å². The number of allylic oxidation sites excluding steroid dienone is 1. The molecule has 0 aromatic heterocycles. The highest BCUT2D eigenvalue weighted by Gasteiger charge is 2.18. The Bertz CT molecular complexity index is 1060. The van der Waals surface area contributed by atoms with Crippen LogP contribution in [0.3, 0.4) is 0 Å². The molecule has 2 atom stereocenters. The van der Waals surface area contributed by atoms with Gasteiger partial charge in [0.25, 0.3) is 0 Å². The Morgan fingerprint density at radius 1 is 0.380 bits per heavy atom. The first-order chi connectivity index (χ1) is 35.0. The molecule has 3 N–H and O–H groups in total. The molecule has 0 saturated carbocycles. The summed E-state index contributed by atoms with van der Waals surface area (Å²) in [5.74, 6) is -0.0624. The molecule has 0 rings (SSSR count). The fourth-order valence-electron chi connectivity index (χ4n) is 10.3. The highest BCUT2D eigenvalue weighted by Crippen LogP contribution is 2.18. The first-order valence-corrected chi connectivity index (χ1v) is 32.5. The number of ether oxygens (including phenoxy) is 1. The normalized spacial score (nSPS) is 12.6. The van der Waals surface area contributed by atoms with Gasteiger partial charge in [0, 0.05) is 12.8 Å². The third kappa shape index (κ3) is 57.7. The van der Waals surface area contributed by atoms with Crippen LogP contribution in [-0.4, -0.2) is 47.4 Å². The number of carbonyl (C=O) groups is 2. The van der Waals surface area contributed by atoms with Gasteiger partial charge in [0.1, 0.15) is 0 Å². The van der Waals surface area contributed by atoms with Gasteiger partial charge in [0.2, 0.25) is 5.91 Å². The number of aliphatic hydroxyl groups excluding tert-OH is 2. The van der Waals surface area contributed by atoms with Crippen LogP contribution in [0.25, 0.3) is 0 Å². The predicted octanol–water partition coefficient (Wildman–Crippen LogP) is 20.4. The van der Waals surface area contributed by atoms with Gasteiger partial charge in [-0.15, -0.1) is 0 Å². The molecular weight excluding hydrogens is 875 g/mol. The minimum atomic E-state index is -0.849. The third-order valence-corrected chi connectivity index (χ3v) is 15.3. The number of amides is 1. The summed E-state index contributed by atoms with van der Waals surface area (Å²) < 4.78 is 5.47. The van der Waals surface area contributed by atoms with E-state index in [0.29, 0.717) is 19.4 Å². The van der Waals surface area contributed by atoms with Gasteiger partial charge in [-0.05, 0) is 32.1 Å². The zero-order chi connectivity index (χ0) is 51.4. The molecule has 0 heterocycles. The van der Waals surface area contributed by atoms with E-state index in [1.54, 1.807) is 6.08 Å². The van der Waals surface area contributed by atoms with Crippen molar-refractivity contribution in [1.82, 2.24) is 5.32 Å². The number of nitrogens with one attached hydrogen (secondary N) is 1. The number of hydrogen-bond donors (Lipinski definition) is 3. The summed E-state index contributed by atoms with van der Waals surface area (Å²) in [6.07, 6.45) is 74.0. The van der Waals surface area contributed by atoms with E-state index >= 15 is 0 Å². The summed E-state index contributed by atoms with van der Waals surface area (Å²) in [4.78, 5) is 24.5. The average molecular weight is 1000 g/mol. The van der Waals surface area contributed by atoms with E-state index in [0.717, 1.165) is 44.9 Å². The zero-order valence-electron chi connectivity index (χ0n) is 48.2. The molecule has 0 saturated heterocycles. The van der Waals surface area contributed by atoms with Crippen molar-refractivity contribution in [3.63, 3.8) is 0 Å². The molecule has 6 nitrogen and oxygen atoms in total. The molecule has 0 aromatic carbocycles. The van der Waals surface area contributed by atoms with E-state index in [4.69, 9.17) is 4.74 Å². The monoisotopic (exact) mass is 1000 g/mol. The van der Waals surface area contributed by atoms with Gasteiger partial charge in [0.15, 0.2) is 0 Å². The van der Waals surface area contributed by atoms with Crippen molar-refractivity contribution in [2.45, 2.75) is 379 Å². The second-order valence-electron chi connectivity index (χ2n) is 22.5. The molecule has 2 unspecified atom stereocenters. The molecule has 0 bridgehead atoms. The predicted molar refractivity (Wildman–Crippen MR) is 310 cm³/mol. The molecule has 71 heavy (non-hydrogen) atoms. The van der Waals surface area contributed by atoms with Crippen molar-refractivity contribution in [3.8, 4) is 0 Å². The first kappa shape index (κ1) is 69.6. The number of esters is 1. The highest BCUT2D eigenvalue weighted by molar-refractivity contribution is 5.76. The largest absolute Gasteiger partial charge is 0.466 e. The van der Waals surface area contributed by atoms with Gasteiger partial charge in [-0.3, -0.25) is 9.59 Å².